The van der Waals surface area contributed by atoms with Crippen molar-refractivity contribution in [1.82, 2.24) is 0 Å². The molecule has 132 valence electrons. The van der Waals surface area contributed by atoms with Crippen LogP contribution < -0.4 is 9.47 Å². The minimum atomic E-state index is -0.478. The van der Waals surface area contributed by atoms with Crippen LogP contribution >= 0.6 is 15.9 Å². The quantitative estimate of drug-likeness (QED) is 0.422. The van der Waals surface area contributed by atoms with E-state index in [0.29, 0.717) is 22.6 Å². The molecule has 0 spiro atoms. The van der Waals surface area contributed by atoms with Crippen molar-refractivity contribution in [3.63, 3.8) is 0 Å². The summed E-state index contributed by atoms with van der Waals surface area (Å²) in [5.41, 5.74) is 1.68. The highest BCUT2D eigenvalue weighted by molar-refractivity contribution is 9.10. The maximum absolute atomic E-state index is 12.2. The Hall–Kier alpha value is -2.86. The third-order valence-corrected chi connectivity index (χ3v) is 4.17. The van der Waals surface area contributed by atoms with Gasteiger partial charge in [0.2, 0.25) is 0 Å². The lowest BCUT2D eigenvalue weighted by atomic mass is 10.1. The second-order valence-electron chi connectivity index (χ2n) is 5.48. The molecular weight excluding hydrogens is 400 g/mol. The number of carbonyl (C=O) groups is 2. The molecule has 26 heavy (non-hydrogen) atoms. The van der Waals surface area contributed by atoms with Crippen LogP contribution in [0.5, 0.6) is 11.5 Å². The molecular formula is C20H15BrO5. The van der Waals surface area contributed by atoms with Crippen molar-refractivity contribution in [1.29, 1.82) is 0 Å². The number of para-hydroxylation sites is 1. The van der Waals surface area contributed by atoms with Gasteiger partial charge in [-0.05, 0) is 30.4 Å². The predicted octanol–water partition coefficient (Wildman–Crippen LogP) is 4.36. The van der Waals surface area contributed by atoms with Crippen LogP contribution in [0.1, 0.15) is 18.1 Å². The van der Waals surface area contributed by atoms with Crippen LogP contribution in [-0.2, 0) is 14.3 Å². The Morgan fingerprint density at radius 1 is 1.15 bits per heavy atom. The summed E-state index contributed by atoms with van der Waals surface area (Å²) in [6, 6.07) is 12.6. The summed E-state index contributed by atoms with van der Waals surface area (Å²) >= 11 is 3.37. The summed E-state index contributed by atoms with van der Waals surface area (Å²) in [5.74, 6) is 0.172. The van der Waals surface area contributed by atoms with Crippen molar-refractivity contribution in [2.45, 2.75) is 6.92 Å². The molecule has 0 unspecified atom stereocenters. The molecule has 1 aliphatic heterocycles. The average Bonchev–Trinajstić information content (AvgIpc) is 2.97. The molecule has 0 fully saturated rings. The first-order valence-corrected chi connectivity index (χ1v) is 8.54. The van der Waals surface area contributed by atoms with Gasteiger partial charge in [0.05, 0.1) is 12.7 Å². The van der Waals surface area contributed by atoms with Crippen LogP contribution in [0.25, 0.3) is 11.8 Å². The van der Waals surface area contributed by atoms with Crippen LogP contribution in [0.4, 0.5) is 0 Å². The van der Waals surface area contributed by atoms with E-state index in [1.54, 1.807) is 30.4 Å². The van der Waals surface area contributed by atoms with Crippen molar-refractivity contribution in [2.75, 3.05) is 7.11 Å². The summed E-state index contributed by atoms with van der Waals surface area (Å²) < 4.78 is 16.8. The monoisotopic (exact) mass is 414 g/mol. The van der Waals surface area contributed by atoms with Crippen molar-refractivity contribution in [2.24, 2.45) is 0 Å². The van der Waals surface area contributed by atoms with Gasteiger partial charge in [-0.2, -0.15) is 0 Å². The molecule has 0 saturated heterocycles. The molecule has 1 aliphatic rings. The second kappa shape index (κ2) is 7.58. The van der Waals surface area contributed by atoms with Crippen molar-refractivity contribution < 1.29 is 23.8 Å². The van der Waals surface area contributed by atoms with E-state index < -0.39 is 11.9 Å². The Morgan fingerprint density at radius 3 is 2.54 bits per heavy atom. The topological polar surface area (TPSA) is 61.8 Å². The van der Waals surface area contributed by atoms with Gasteiger partial charge in [0.25, 0.3) is 0 Å². The highest BCUT2D eigenvalue weighted by Crippen LogP contribution is 2.35. The lowest BCUT2D eigenvalue weighted by molar-refractivity contribution is -0.132. The molecule has 0 saturated carbocycles. The Kier molecular flexibility index (Phi) is 5.23. The Morgan fingerprint density at radius 2 is 1.88 bits per heavy atom. The van der Waals surface area contributed by atoms with E-state index in [1.165, 1.54) is 14.0 Å². The van der Waals surface area contributed by atoms with Crippen LogP contribution in [-0.4, -0.2) is 19.0 Å². The molecule has 0 atom stereocenters. The number of halogens is 1. The standard InChI is InChI=1S/C20H15BrO5/c1-12(22)25-19-14(4-3-5-17(19)24-2)10-15-11-18(26-20(15)23)13-6-8-16(21)9-7-13/h3-11H,1-2H3. The molecule has 2 aromatic rings. The Labute approximate surface area is 159 Å². The lowest BCUT2D eigenvalue weighted by Crippen LogP contribution is -2.05. The van der Waals surface area contributed by atoms with Gasteiger partial charge in [0.1, 0.15) is 5.76 Å². The predicted molar refractivity (Wildman–Crippen MR) is 100 cm³/mol. The zero-order chi connectivity index (χ0) is 18.7. The van der Waals surface area contributed by atoms with E-state index in [4.69, 9.17) is 14.2 Å². The first-order chi connectivity index (χ1) is 12.5. The molecule has 0 radical (unpaired) electrons. The minimum Gasteiger partial charge on any atom is -0.493 e. The zero-order valence-electron chi connectivity index (χ0n) is 14.1. The molecule has 2 aromatic carbocycles. The molecule has 6 heteroatoms. The summed E-state index contributed by atoms with van der Waals surface area (Å²) in [5, 5.41) is 0. The summed E-state index contributed by atoms with van der Waals surface area (Å²) in [6.45, 7) is 1.30. The van der Waals surface area contributed by atoms with Crippen molar-refractivity contribution in [3.05, 3.63) is 69.7 Å². The van der Waals surface area contributed by atoms with Crippen molar-refractivity contribution in [3.8, 4) is 11.5 Å². The highest BCUT2D eigenvalue weighted by atomic mass is 79.9. The first kappa shape index (κ1) is 17.9. The van der Waals surface area contributed by atoms with Gasteiger partial charge in [-0.1, -0.05) is 40.2 Å². The molecule has 3 rings (SSSR count). The fourth-order valence-corrected chi connectivity index (χ4v) is 2.74. The first-order valence-electron chi connectivity index (χ1n) is 7.75. The summed E-state index contributed by atoms with van der Waals surface area (Å²) in [6.07, 6.45) is 3.26. The van der Waals surface area contributed by atoms with E-state index in [-0.39, 0.29) is 5.75 Å². The number of methoxy groups -OCH3 is 1. The number of ether oxygens (including phenoxy) is 3. The molecule has 0 N–H and O–H groups in total. The van der Waals surface area contributed by atoms with Crippen molar-refractivity contribution >= 4 is 39.7 Å². The van der Waals surface area contributed by atoms with Gasteiger partial charge >= 0.3 is 11.9 Å². The van der Waals surface area contributed by atoms with E-state index in [1.807, 2.05) is 24.3 Å². The molecule has 0 bridgehead atoms. The number of cyclic esters (lactones) is 1. The lowest BCUT2D eigenvalue weighted by Gasteiger charge is -2.10. The smallest absolute Gasteiger partial charge is 0.343 e. The Bertz CT molecular complexity index is 926. The fraction of sp³-hybridized carbons (Fsp3) is 0.100. The van der Waals surface area contributed by atoms with Crippen LogP contribution in [0.15, 0.2) is 58.6 Å². The van der Waals surface area contributed by atoms with Gasteiger partial charge in [-0.15, -0.1) is 0 Å². The number of hydrogen-bond donors (Lipinski definition) is 0. The van der Waals surface area contributed by atoms with E-state index in [9.17, 15) is 9.59 Å². The van der Waals surface area contributed by atoms with Gasteiger partial charge in [-0.3, -0.25) is 4.79 Å². The van der Waals surface area contributed by atoms with E-state index >= 15 is 0 Å². The number of rotatable bonds is 4. The van der Waals surface area contributed by atoms with Crippen LogP contribution in [0, 0.1) is 0 Å². The van der Waals surface area contributed by atoms with Gasteiger partial charge < -0.3 is 14.2 Å². The van der Waals surface area contributed by atoms with Crippen LogP contribution in [0.2, 0.25) is 0 Å². The van der Waals surface area contributed by atoms with Gasteiger partial charge in [0, 0.05) is 22.5 Å². The number of hydrogen-bond acceptors (Lipinski definition) is 5. The summed E-state index contributed by atoms with van der Waals surface area (Å²) in [7, 11) is 1.48. The summed E-state index contributed by atoms with van der Waals surface area (Å²) in [4.78, 5) is 23.6. The van der Waals surface area contributed by atoms with Gasteiger partial charge in [-0.25, -0.2) is 4.79 Å². The molecule has 0 aromatic heterocycles. The normalized spacial score (nSPS) is 14.8. The largest absolute Gasteiger partial charge is 0.493 e. The van der Waals surface area contributed by atoms with E-state index in [0.717, 1.165) is 10.0 Å². The van der Waals surface area contributed by atoms with Crippen LogP contribution in [0.3, 0.4) is 0 Å². The molecule has 0 aliphatic carbocycles. The molecule has 1 heterocycles. The molecule has 0 amide bonds. The number of benzene rings is 2. The van der Waals surface area contributed by atoms with Gasteiger partial charge in [0.15, 0.2) is 11.5 Å². The highest BCUT2D eigenvalue weighted by Gasteiger charge is 2.23. The minimum absolute atomic E-state index is 0.258. The number of esters is 2. The SMILES string of the molecule is COc1cccc(C=C2C=C(c3ccc(Br)cc3)OC2=O)c1OC(C)=O. The fourth-order valence-electron chi connectivity index (χ4n) is 2.47. The molecule has 5 nitrogen and oxygen atoms in total. The average molecular weight is 415 g/mol. The second-order valence-corrected chi connectivity index (χ2v) is 6.39. The maximum atomic E-state index is 12.2. The third kappa shape index (κ3) is 3.86. The third-order valence-electron chi connectivity index (χ3n) is 3.64. The number of carbonyl (C=O) groups excluding carboxylic acids is 2. The maximum Gasteiger partial charge on any atom is 0.343 e. The van der Waals surface area contributed by atoms with E-state index in [2.05, 4.69) is 15.9 Å². The Balaban J connectivity index is 2.00. The zero-order valence-corrected chi connectivity index (χ0v) is 15.7.